The zero-order valence-electron chi connectivity index (χ0n) is 17.4. The highest BCUT2D eigenvalue weighted by Crippen LogP contribution is 2.86. The van der Waals surface area contributed by atoms with E-state index in [1.54, 1.807) is 5.56 Å². The van der Waals surface area contributed by atoms with E-state index in [0.717, 1.165) is 23.7 Å². The third-order valence-corrected chi connectivity index (χ3v) is 11.0. The number of benzene rings is 1. The van der Waals surface area contributed by atoms with Crippen molar-refractivity contribution < 1.29 is 0 Å². The van der Waals surface area contributed by atoms with E-state index in [1.807, 2.05) is 0 Å². The van der Waals surface area contributed by atoms with Gasteiger partial charge in [0.05, 0.1) is 0 Å². The van der Waals surface area contributed by atoms with Crippen LogP contribution >= 0.6 is 0 Å². The first kappa shape index (κ1) is 16.2. The fourth-order valence-corrected chi connectivity index (χ4v) is 10.6. The second-order valence-electron chi connectivity index (χ2n) is 12.8. The zero-order valence-corrected chi connectivity index (χ0v) is 17.4. The maximum absolute atomic E-state index is 2.73. The lowest BCUT2D eigenvalue weighted by atomic mass is 9.20. The van der Waals surface area contributed by atoms with E-state index in [9.17, 15) is 0 Å². The van der Waals surface area contributed by atoms with Gasteiger partial charge in [-0.1, -0.05) is 65.0 Å². The second-order valence-corrected chi connectivity index (χ2v) is 12.8. The fourth-order valence-electron chi connectivity index (χ4n) is 10.6. The Morgan fingerprint density at radius 1 is 0.731 bits per heavy atom. The summed E-state index contributed by atoms with van der Waals surface area (Å²) in [4.78, 5) is 0. The Kier molecular flexibility index (Phi) is 2.67. The largest absolute Gasteiger partial charge is 0.0622 e. The predicted molar refractivity (Wildman–Crippen MR) is 108 cm³/mol. The molecule has 7 aliphatic carbocycles. The van der Waals surface area contributed by atoms with Gasteiger partial charge in [0.2, 0.25) is 0 Å². The minimum absolute atomic E-state index is 0.294. The van der Waals surface area contributed by atoms with Crippen molar-refractivity contribution in [3.63, 3.8) is 0 Å². The summed E-state index contributed by atoms with van der Waals surface area (Å²) in [6.45, 7) is 13.3. The first-order valence-electron chi connectivity index (χ1n) is 11.2. The van der Waals surface area contributed by atoms with Crippen molar-refractivity contribution >= 4 is 0 Å². The Labute approximate surface area is 160 Å². The van der Waals surface area contributed by atoms with Crippen molar-refractivity contribution in [2.45, 2.75) is 78.6 Å². The van der Waals surface area contributed by atoms with Crippen molar-refractivity contribution in [2.75, 3.05) is 0 Å². The van der Waals surface area contributed by atoms with E-state index in [0.29, 0.717) is 27.1 Å². The van der Waals surface area contributed by atoms with Gasteiger partial charge in [-0.05, 0) is 94.8 Å². The molecule has 0 saturated heterocycles. The van der Waals surface area contributed by atoms with Crippen LogP contribution in [-0.2, 0) is 5.41 Å². The molecule has 0 amide bonds. The van der Waals surface area contributed by atoms with Gasteiger partial charge >= 0.3 is 0 Å². The van der Waals surface area contributed by atoms with Crippen molar-refractivity contribution in [2.24, 2.45) is 45.3 Å². The lowest BCUT2D eigenvalue weighted by Gasteiger charge is -2.84. The summed E-state index contributed by atoms with van der Waals surface area (Å²) >= 11 is 0. The molecule has 0 heterocycles. The fraction of sp³-hybridized carbons (Fsp3) is 0.769. The summed E-state index contributed by atoms with van der Waals surface area (Å²) < 4.78 is 0. The summed E-state index contributed by atoms with van der Waals surface area (Å²) in [7, 11) is 0. The monoisotopic (exact) mass is 348 g/mol. The van der Waals surface area contributed by atoms with Crippen LogP contribution in [0.25, 0.3) is 0 Å². The van der Waals surface area contributed by atoms with Gasteiger partial charge in [0.25, 0.3) is 0 Å². The first-order valence-corrected chi connectivity index (χ1v) is 11.2. The summed E-state index contributed by atoms with van der Waals surface area (Å²) in [5.74, 6) is 3.91. The van der Waals surface area contributed by atoms with Crippen molar-refractivity contribution in [1.29, 1.82) is 0 Å². The Hall–Kier alpha value is -0.780. The minimum atomic E-state index is 0.294. The molecule has 7 aliphatic rings. The number of rotatable bonds is 2. The second kappa shape index (κ2) is 4.28. The van der Waals surface area contributed by atoms with E-state index >= 15 is 0 Å². The smallest absolute Gasteiger partial charge is 0.00414 e. The Balaban J connectivity index is 1.59. The molecule has 4 unspecified atom stereocenters. The molecule has 7 saturated carbocycles. The predicted octanol–water partition coefficient (Wildman–Crippen LogP) is 6.84. The van der Waals surface area contributed by atoms with Gasteiger partial charge < -0.3 is 0 Å². The molecule has 0 aromatic heterocycles. The van der Waals surface area contributed by atoms with Gasteiger partial charge in [0.1, 0.15) is 0 Å². The highest BCUT2D eigenvalue weighted by molar-refractivity contribution is 5.36. The molecule has 0 heteroatoms. The molecule has 0 aliphatic heterocycles. The van der Waals surface area contributed by atoms with Crippen LogP contribution in [0.15, 0.2) is 30.3 Å². The molecule has 0 radical (unpaired) electrons. The summed E-state index contributed by atoms with van der Waals surface area (Å²) in [6, 6.07) is 11.6. The molecule has 1 aromatic rings. The topological polar surface area (TPSA) is 0 Å². The maximum Gasteiger partial charge on any atom is -0.00414 e. The molecule has 140 valence electrons. The number of hydrogen-bond donors (Lipinski definition) is 0. The lowest BCUT2D eigenvalue weighted by Crippen LogP contribution is -2.78. The van der Waals surface area contributed by atoms with Crippen molar-refractivity contribution in [3.05, 3.63) is 35.9 Å². The van der Waals surface area contributed by atoms with Gasteiger partial charge in [-0.25, -0.2) is 0 Å². The third-order valence-electron chi connectivity index (χ3n) is 11.0. The van der Waals surface area contributed by atoms with Gasteiger partial charge in [0.15, 0.2) is 0 Å². The van der Waals surface area contributed by atoms with Gasteiger partial charge in [-0.15, -0.1) is 0 Å². The highest BCUT2D eigenvalue weighted by Gasteiger charge is 2.79. The summed E-state index contributed by atoms with van der Waals surface area (Å²) in [6.07, 6.45) is 9.11. The van der Waals surface area contributed by atoms with E-state index < -0.39 is 0 Å². The standard InChI is InChI=1S/C26H36/c1-22(2,17-9-7-6-8-10-17)26-16-24(4)11-18-20(26)13-23(3)14-21(26)19(12-24)25(18,5)15-23/h6-10,18-21H,11-16H2,1-5H3. The SMILES string of the molecule is CC12CC3C4CC5(C)CC(C(C1)C3(C(C)(C)c1ccccc1)C5)C4(C)C2. The summed E-state index contributed by atoms with van der Waals surface area (Å²) in [5.41, 5.74) is 4.33. The quantitative estimate of drug-likeness (QED) is 0.548. The lowest BCUT2D eigenvalue weighted by molar-refractivity contribution is -0.345. The average molecular weight is 349 g/mol. The zero-order chi connectivity index (χ0) is 18.2. The van der Waals surface area contributed by atoms with Crippen molar-refractivity contribution in [1.82, 2.24) is 0 Å². The molecule has 8 bridgehead atoms. The Bertz CT molecular complexity index is 744. The molecular weight excluding hydrogens is 312 g/mol. The van der Waals surface area contributed by atoms with Gasteiger partial charge in [-0.3, -0.25) is 0 Å². The van der Waals surface area contributed by atoms with Crippen LogP contribution in [0.3, 0.4) is 0 Å². The molecule has 0 spiro atoms. The van der Waals surface area contributed by atoms with Crippen LogP contribution in [0, 0.1) is 45.3 Å². The third kappa shape index (κ3) is 1.54. The van der Waals surface area contributed by atoms with Gasteiger partial charge in [-0.2, -0.15) is 0 Å². The average Bonchev–Trinajstić information content (AvgIpc) is 2.58. The molecule has 0 N–H and O–H groups in total. The first-order chi connectivity index (χ1) is 12.1. The minimum Gasteiger partial charge on any atom is -0.0622 e. The Morgan fingerprint density at radius 3 is 1.81 bits per heavy atom. The molecule has 1 aromatic carbocycles. The Morgan fingerprint density at radius 2 is 1.23 bits per heavy atom. The van der Waals surface area contributed by atoms with E-state index in [-0.39, 0.29) is 0 Å². The molecule has 8 rings (SSSR count). The molecule has 0 nitrogen and oxygen atoms in total. The normalized spacial score (nSPS) is 56.3. The van der Waals surface area contributed by atoms with Crippen LogP contribution in [-0.4, -0.2) is 0 Å². The molecule has 7 fully saturated rings. The summed E-state index contributed by atoms with van der Waals surface area (Å²) in [5, 5.41) is 0. The van der Waals surface area contributed by atoms with E-state index in [2.05, 4.69) is 65.0 Å². The van der Waals surface area contributed by atoms with Crippen LogP contribution in [0.4, 0.5) is 0 Å². The van der Waals surface area contributed by atoms with Crippen LogP contribution in [0.5, 0.6) is 0 Å². The van der Waals surface area contributed by atoms with Crippen LogP contribution in [0.1, 0.15) is 78.7 Å². The number of hydrogen-bond acceptors (Lipinski definition) is 0. The maximum atomic E-state index is 2.73. The van der Waals surface area contributed by atoms with Crippen LogP contribution < -0.4 is 0 Å². The van der Waals surface area contributed by atoms with Gasteiger partial charge in [0, 0.05) is 0 Å². The molecule has 26 heavy (non-hydrogen) atoms. The highest BCUT2D eigenvalue weighted by atomic mass is 14.8. The molecule has 4 atom stereocenters. The van der Waals surface area contributed by atoms with Crippen molar-refractivity contribution in [3.8, 4) is 0 Å². The molecular formula is C26H36. The van der Waals surface area contributed by atoms with E-state index in [1.165, 1.54) is 38.5 Å². The van der Waals surface area contributed by atoms with E-state index in [4.69, 9.17) is 0 Å². The van der Waals surface area contributed by atoms with Crippen LogP contribution in [0.2, 0.25) is 0 Å².